The van der Waals surface area contributed by atoms with Crippen molar-refractivity contribution in [2.75, 3.05) is 37.4 Å². The summed E-state index contributed by atoms with van der Waals surface area (Å²) in [6, 6.07) is 0.969. The fraction of sp³-hybridized carbons (Fsp3) is 0.812. The van der Waals surface area contributed by atoms with E-state index in [2.05, 4.69) is 59.8 Å². The first kappa shape index (κ1) is 16.9. The number of hydrogen-bond acceptors (Lipinski definition) is 6. The Morgan fingerprint density at radius 2 is 1.77 bits per heavy atom. The monoisotopic (exact) mass is 306 g/mol. The van der Waals surface area contributed by atoms with Crippen molar-refractivity contribution in [3.63, 3.8) is 0 Å². The molecule has 2 heterocycles. The molecule has 0 aromatic carbocycles. The van der Waals surface area contributed by atoms with Gasteiger partial charge in [-0.3, -0.25) is 4.90 Å². The smallest absolute Gasteiger partial charge is 0.229 e. The Kier molecular flexibility index (Phi) is 5.21. The van der Waals surface area contributed by atoms with Crippen LogP contribution in [0.3, 0.4) is 0 Å². The second-order valence-electron chi connectivity index (χ2n) is 7.14. The van der Waals surface area contributed by atoms with E-state index < -0.39 is 0 Å². The van der Waals surface area contributed by atoms with E-state index in [1.165, 1.54) is 0 Å². The summed E-state index contributed by atoms with van der Waals surface area (Å²) in [4.78, 5) is 18.1. The molecule has 0 bridgehead atoms. The summed E-state index contributed by atoms with van der Waals surface area (Å²) in [7, 11) is 3.92. The standard InChI is InChI=1S/C16H30N6/c1-10(2)14-18-15(20-16(19-14)21(6)7)17-13-9-22(11(3)4)8-12(13)5/h10-13H,8-9H2,1-7H3,(H,17,18,19,20). The normalized spacial score (nSPS) is 22.6. The van der Waals surface area contributed by atoms with Gasteiger partial charge < -0.3 is 10.2 Å². The van der Waals surface area contributed by atoms with Crippen molar-refractivity contribution in [2.45, 2.75) is 52.6 Å². The van der Waals surface area contributed by atoms with Crippen LogP contribution in [0.1, 0.15) is 46.4 Å². The lowest BCUT2D eigenvalue weighted by molar-refractivity contribution is 0.267. The molecular weight excluding hydrogens is 276 g/mol. The van der Waals surface area contributed by atoms with Gasteiger partial charge in [0, 0.05) is 45.2 Å². The van der Waals surface area contributed by atoms with Gasteiger partial charge in [-0.05, 0) is 19.8 Å². The Morgan fingerprint density at radius 1 is 1.09 bits per heavy atom. The second-order valence-corrected chi connectivity index (χ2v) is 7.14. The van der Waals surface area contributed by atoms with E-state index in [0.717, 1.165) is 18.9 Å². The fourth-order valence-corrected chi connectivity index (χ4v) is 2.68. The molecule has 0 amide bonds. The molecule has 0 spiro atoms. The quantitative estimate of drug-likeness (QED) is 0.900. The summed E-state index contributed by atoms with van der Waals surface area (Å²) < 4.78 is 0. The van der Waals surface area contributed by atoms with Crippen LogP contribution in [-0.2, 0) is 0 Å². The van der Waals surface area contributed by atoms with Gasteiger partial charge in [0.1, 0.15) is 5.82 Å². The van der Waals surface area contributed by atoms with Crippen LogP contribution in [0, 0.1) is 5.92 Å². The maximum absolute atomic E-state index is 4.60. The van der Waals surface area contributed by atoms with Gasteiger partial charge >= 0.3 is 0 Å². The molecule has 6 heteroatoms. The van der Waals surface area contributed by atoms with E-state index in [4.69, 9.17) is 0 Å². The zero-order valence-electron chi connectivity index (χ0n) is 15.0. The van der Waals surface area contributed by atoms with Gasteiger partial charge in [0.15, 0.2) is 0 Å². The van der Waals surface area contributed by atoms with Crippen molar-refractivity contribution >= 4 is 11.9 Å². The molecule has 124 valence electrons. The van der Waals surface area contributed by atoms with Crippen molar-refractivity contribution in [1.82, 2.24) is 19.9 Å². The molecule has 1 fully saturated rings. The third-order valence-corrected chi connectivity index (χ3v) is 4.24. The highest BCUT2D eigenvalue weighted by molar-refractivity contribution is 5.37. The summed E-state index contributed by atoms with van der Waals surface area (Å²) in [5.74, 6) is 3.13. The van der Waals surface area contributed by atoms with Crippen molar-refractivity contribution in [3.8, 4) is 0 Å². The summed E-state index contributed by atoms with van der Waals surface area (Å²) in [6.45, 7) is 13.2. The highest BCUT2D eigenvalue weighted by atomic mass is 15.3. The molecule has 1 aromatic heterocycles. The molecule has 1 saturated heterocycles. The highest BCUT2D eigenvalue weighted by Crippen LogP contribution is 2.22. The molecule has 6 nitrogen and oxygen atoms in total. The van der Waals surface area contributed by atoms with Gasteiger partial charge in [0.2, 0.25) is 11.9 Å². The lowest BCUT2D eigenvalue weighted by atomic mass is 10.1. The van der Waals surface area contributed by atoms with Gasteiger partial charge in [-0.2, -0.15) is 15.0 Å². The Hall–Kier alpha value is -1.43. The summed E-state index contributed by atoms with van der Waals surface area (Å²) in [6.07, 6.45) is 0. The Balaban J connectivity index is 2.18. The highest BCUT2D eigenvalue weighted by Gasteiger charge is 2.31. The fourth-order valence-electron chi connectivity index (χ4n) is 2.68. The zero-order valence-corrected chi connectivity index (χ0v) is 15.0. The van der Waals surface area contributed by atoms with Crippen molar-refractivity contribution in [1.29, 1.82) is 0 Å². The van der Waals surface area contributed by atoms with Gasteiger partial charge in [-0.15, -0.1) is 0 Å². The first-order valence-electron chi connectivity index (χ1n) is 8.21. The minimum Gasteiger partial charge on any atom is -0.350 e. The van der Waals surface area contributed by atoms with Crippen LogP contribution in [0.15, 0.2) is 0 Å². The maximum Gasteiger partial charge on any atom is 0.229 e. The number of anilines is 2. The Morgan fingerprint density at radius 3 is 2.27 bits per heavy atom. The molecule has 2 rings (SSSR count). The lowest BCUT2D eigenvalue weighted by Gasteiger charge is -2.21. The molecule has 0 saturated carbocycles. The molecule has 22 heavy (non-hydrogen) atoms. The van der Waals surface area contributed by atoms with E-state index in [9.17, 15) is 0 Å². The molecule has 1 N–H and O–H groups in total. The summed E-state index contributed by atoms with van der Waals surface area (Å²) in [5, 5.41) is 3.54. The lowest BCUT2D eigenvalue weighted by Crippen LogP contribution is -2.32. The largest absolute Gasteiger partial charge is 0.350 e. The molecule has 0 radical (unpaired) electrons. The molecule has 2 unspecified atom stereocenters. The second kappa shape index (κ2) is 6.77. The topological polar surface area (TPSA) is 57.2 Å². The summed E-state index contributed by atoms with van der Waals surface area (Å²) in [5.41, 5.74) is 0. The zero-order chi connectivity index (χ0) is 16.4. The van der Waals surface area contributed by atoms with Crippen molar-refractivity contribution < 1.29 is 0 Å². The van der Waals surface area contributed by atoms with Gasteiger partial charge in [0.25, 0.3) is 0 Å². The predicted octanol–water partition coefficient (Wildman–Crippen LogP) is 2.20. The number of likely N-dealkylation sites (tertiary alicyclic amines) is 1. The van der Waals surface area contributed by atoms with Gasteiger partial charge in [-0.1, -0.05) is 20.8 Å². The number of rotatable bonds is 5. The van der Waals surface area contributed by atoms with E-state index in [-0.39, 0.29) is 5.92 Å². The van der Waals surface area contributed by atoms with E-state index in [0.29, 0.717) is 29.9 Å². The molecule has 0 aliphatic carbocycles. The average molecular weight is 306 g/mol. The third-order valence-electron chi connectivity index (χ3n) is 4.24. The Labute approximate surface area is 134 Å². The molecule has 1 aromatic rings. The molecule has 2 atom stereocenters. The van der Waals surface area contributed by atoms with Crippen LogP contribution in [0.25, 0.3) is 0 Å². The molecular formula is C16H30N6. The molecule has 1 aliphatic heterocycles. The van der Waals surface area contributed by atoms with Crippen LogP contribution in [0.4, 0.5) is 11.9 Å². The number of hydrogen-bond donors (Lipinski definition) is 1. The van der Waals surface area contributed by atoms with Gasteiger partial charge in [0.05, 0.1) is 0 Å². The van der Waals surface area contributed by atoms with Crippen LogP contribution in [0.5, 0.6) is 0 Å². The van der Waals surface area contributed by atoms with E-state index >= 15 is 0 Å². The average Bonchev–Trinajstić information content (AvgIpc) is 2.80. The Bertz CT molecular complexity index is 473. The minimum absolute atomic E-state index is 0.287. The van der Waals surface area contributed by atoms with Crippen LogP contribution < -0.4 is 10.2 Å². The van der Waals surface area contributed by atoms with Crippen molar-refractivity contribution in [3.05, 3.63) is 5.82 Å². The predicted molar refractivity (Wildman–Crippen MR) is 91.5 cm³/mol. The number of nitrogens with one attached hydrogen (secondary N) is 1. The van der Waals surface area contributed by atoms with E-state index in [1.807, 2.05) is 19.0 Å². The van der Waals surface area contributed by atoms with Gasteiger partial charge in [-0.25, -0.2) is 0 Å². The number of aromatic nitrogens is 3. The minimum atomic E-state index is 0.287. The first-order chi connectivity index (χ1) is 10.3. The molecule has 1 aliphatic rings. The van der Waals surface area contributed by atoms with Crippen molar-refractivity contribution in [2.24, 2.45) is 5.92 Å². The van der Waals surface area contributed by atoms with Crippen LogP contribution >= 0.6 is 0 Å². The van der Waals surface area contributed by atoms with Crippen LogP contribution in [-0.4, -0.2) is 59.1 Å². The van der Waals surface area contributed by atoms with E-state index in [1.54, 1.807) is 0 Å². The summed E-state index contributed by atoms with van der Waals surface area (Å²) >= 11 is 0. The first-order valence-corrected chi connectivity index (χ1v) is 8.21. The maximum atomic E-state index is 4.60. The SMILES string of the molecule is CC(C)c1nc(NC2CN(C(C)C)CC2C)nc(N(C)C)n1. The third kappa shape index (κ3) is 3.85. The van der Waals surface area contributed by atoms with Crippen LogP contribution in [0.2, 0.25) is 0 Å². The number of nitrogens with zero attached hydrogens (tertiary/aromatic N) is 5.